The van der Waals surface area contributed by atoms with Crippen LogP contribution in [0.5, 0.6) is 11.5 Å². The van der Waals surface area contributed by atoms with E-state index in [-0.39, 0.29) is 12.0 Å². The molecule has 2 heterocycles. The van der Waals surface area contributed by atoms with E-state index in [0.717, 1.165) is 28.0 Å². The van der Waals surface area contributed by atoms with Crippen LogP contribution in [-0.2, 0) is 11.3 Å². The second-order valence-electron chi connectivity index (χ2n) is 7.63. The van der Waals surface area contributed by atoms with Gasteiger partial charge < -0.3 is 19.4 Å². The fourth-order valence-corrected chi connectivity index (χ4v) is 3.70. The predicted octanol–water partition coefficient (Wildman–Crippen LogP) is 4.19. The summed E-state index contributed by atoms with van der Waals surface area (Å²) in [5.41, 5.74) is 2.52. The van der Waals surface area contributed by atoms with Crippen LogP contribution < -0.4 is 14.8 Å². The number of carbonyl (C=O) groups is 1. The fourth-order valence-electron chi connectivity index (χ4n) is 3.50. The van der Waals surface area contributed by atoms with Gasteiger partial charge in [-0.3, -0.25) is 9.69 Å². The number of hydrogen-bond donors (Lipinski definition) is 1. The molecule has 31 heavy (non-hydrogen) atoms. The lowest BCUT2D eigenvalue weighted by molar-refractivity contribution is -0.121. The molecule has 0 unspecified atom stereocenters. The minimum absolute atomic E-state index is 0.130. The van der Waals surface area contributed by atoms with Crippen molar-refractivity contribution in [2.75, 3.05) is 13.7 Å². The molecular formula is C24H25N3O3S. The van der Waals surface area contributed by atoms with Crippen molar-refractivity contribution in [1.82, 2.24) is 14.8 Å². The molecule has 0 aliphatic carbocycles. The topological polar surface area (TPSA) is 55.7 Å². The zero-order valence-corrected chi connectivity index (χ0v) is 18.6. The van der Waals surface area contributed by atoms with Gasteiger partial charge in [0.1, 0.15) is 23.8 Å². The van der Waals surface area contributed by atoms with E-state index >= 15 is 0 Å². The molecular weight excluding hydrogens is 410 g/mol. The van der Waals surface area contributed by atoms with Gasteiger partial charge in [-0.15, -0.1) is 0 Å². The number of likely N-dealkylation sites (N-methyl/N-ethyl adjacent to an activating group) is 1. The number of carbonyl (C=O) groups excluding carboxylic acids is 1. The Bertz CT molecular complexity index is 1150. The molecule has 0 saturated carbocycles. The number of rotatable bonds is 7. The minimum Gasteiger partial charge on any atom is -0.492 e. The SMILES string of the molecule is CC(C)Oc1ccc(OCCn2cc(/C=C3\NC(=S)N(C)C3=O)c3ccccc32)cc1. The molecule has 7 heteroatoms. The fraction of sp³-hybridized carbons (Fsp3) is 0.250. The van der Waals surface area contributed by atoms with Gasteiger partial charge in [0.25, 0.3) is 5.91 Å². The molecule has 1 aliphatic heterocycles. The predicted molar refractivity (Wildman–Crippen MR) is 126 cm³/mol. The first-order valence-corrected chi connectivity index (χ1v) is 10.6. The van der Waals surface area contributed by atoms with Crippen LogP contribution in [-0.4, -0.2) is 40.2 Å². The van der Waals surface area contributed by atoms with Crippen LogP contribution in [0.15, 0.2) is 60.4 Å². The third-order valence-corrected chi connectivity index (χ3v) is 5.37. The monoisotopic (exact) mass is 435 g/mol. The normalized spacial score (nSPS) is 15.2. The van der Waals surface area contributed by atoms with Crippen molar-refractivity contribution in [1.29, 1.82) is 0 Å². The third-order valence-electron chi connectivity index (χ3n) is 5.00. The first-order chi connectivity index (χ1) is 14.9. The van der Waals surface area contributed by atoms with Crippen molar-refractivity contribution in [3.8, 4) is 11.5 Å². The summed E-state index contributed by atoms with van der Waals surface area (Å²) in [6, 6.07) is 15.8. The Labute approximate surface area is 187 Å². The highest BCUT2D eigenvalue weighted by molar-refractivity contribution is 7.80. The average Bonchev–Trinajstić information content (AvgIpc) is 3.22. The largest absolute Gasteiger partial charge is 0.492 e. The van der Waals surface area contributed by atoms with Gasteiger partial charge in [0.15, 0.2) is 5.11 Å². The van der Waals surface area contributed by atoms with Gasteiger partial charge in [-0.2, -0.15) is 0 Å². The Kier molecular flexibility index (Phi) is 5.95. The van der Waals surface area contributed by atoms with Crippen molar-refractivity contribution in [3.05, 3.63) is 66.0 Å². The minimum atomic E-state index is -0.130. The maximum Gasteiger partial charge on any atom is 0.276 e. The van der Waals surface area contributed by atoms with Crippen LogP contribution in [0.3, 0.4) is 0 Å². The summed E-state index contributed by atoms with van der Waals surface area (Å²) in [6.07, 6.45) is 4.03. The standard InChI is InChI=1S/C24H25N3O3S/c1-16(2)30-19-10-8-18(9-11-19)29-13-12-27-15-17(20-6-4-5-7-22(20)27)14-21-23(28)26(3)24(31)25-21/h4-11,14-16H,12-13H2,1-3H3,(H,25,31)/b21-14-. The highest BCUT2D eigenvalue weighted by Crippen LogP contribution is 2.25. The molecule has 2 aromatic carbocycles. The van der Waals surface area contributed by atoms with Crippen LogP contribution in [0.4, 0.5) is 0 Å². The van der Waals surface area contributed by atoms with E-state index in [4.69, 9.17) is 21.7 Å². The van der Waals surface area contributed by atoms with Gasteiger partial charge in [-0.05, 0) is 62.5 Å². The molecule has 6 nitrogen and oxygen atoms in total. The smallest absolute Gasteiger partial charge is 0.276 e. The first kappa shape index (κ1) is 20.9. The molecule has 160 valence electrons. The Hall–Kier alpha value is -3.32. The zero-order valence-electron chi connectivity index (χ0n) is 17.8. The third kappa shape index (κ3) is 4.56. The lowest BCUT2D eigenvalue weighted by Crippen LogP contribution is -2.25. The van der Waals surface area contributed by atoms with E-state index < -0.39 is 0 Å². The zero-order chi connectivity index (χ0) is 22.0. The summed E-state index contributed by atoms with van der Waals surface area (Å²) in [4.78, 5) is 13.8. The molecule has 1 fully saturated rings. The summed E-state index contributed by atoms with van der Waals surface area (Å²) in [5.74, 6) is 1.50. The molecule has 0 atom stereocenters. The second kappa shape index (κ2) is 8.81. The highest BCUT2D eigenvalue weighted by atomic mass is 32.1. The van der Waals surface area contributed by atoms with Crippen molar-refractivity contribution < 1.29 is 14.3 Å². The van der Waals surface area contributed by atoms with Crippen molar-refractivity contribution in [2.24, 2.45) is 0 Å². The van der Waals surface area contributed by atoms with Gasteiger partial charge >= 0.3 is 0 Å². The van der Waals surface area contributed by atoms with Crippen LogP contribution in [0, 0.1) is 0 Å². The van der Waals surface area contributed by atoms with Gasteiger partial charge in [0.2, 0.25) is 0 Å². The summed E-state index contributed by atoms with van der Waals surface area (Å²) in [5, 5.41) is 4.47. The number of amides is 1. The lowest BCUT2D eigenvalue weighted by Gasteiger charge is -2.11. The summed E-state index contributed by atoms with van der Waals surface area (Å²) >= 11 is 5.17. The quantitative estimate of drug-likeness (QED) is 0.445. The maximum atomic E-state index is 12.3. The number of nitrogens with one attached hydrogen (secondary N) is 1. The van der Waals surface area contributed by atoms with Gasteiger partial charge in [0.05, 0.1) is 12.6 Å². The number of benzene rings is 2. The van der Waals surface area contributed by atoms with E-state index in [1.54, 1.807) is 7.05 Å². The molecule has 4 rings (SSSR count). The van der Waals surface area contributed by atoms with E-state index in [2.05, 4.69) is 16.0 Å². The lowest BCUT2D eigenvalue weighted by atomic mass is 10.1. The van der Waals surface area contributed by atoms with Gasteiger partial charge in [0, 0.05) is 29.7 Å². The van der Waals surface area contributed by atoms with Crippen molar-refractivity contribution >= 4 is 40.2 Å². The Morgan fingerprint density at radius 1 is 1.10 bits per heavy atom. The second-order valence-corrected chi connectivity index (χ2v) is 8.02. The Morgan fingerprint density at radius 2 is 1.81 bits per heavy atom. The number of hydrogen-bond acceptors (Lipinski definition) is 4. The van der Waals surface area contributed by atoms with E-state index in [9.17, 15) is 4.79 Å². The van der Waals surface area contributed by atoms with Crippen LogP contribution in [0.25, 0.3) is 17.0 Å². The molecule has 1 aromatic heterocycles. The maximum absolute atomic E-state index is 12.3. The van der Waals surface area contributed by atoms with Crippen LogP contribution in [0.2, 0.25) is 0 Å². The van der Waals surface area contributed by atoms with Gasteiger partial charge in [-0.1, -0.05) is 18.2 Å². The molecule has 1 amide bonds. The van der Waals surface area contributed by atoms with E-state index in [0.29, 0.717) is 24.0 Å². The number of thiocarbonyl (C=S) groups is 1. The molecule has 1 aliphatic rings. The molecule has 1 N–H and O–H groups in total. The Morgan fingerprint density at radius 3 is 2.48 bits per heavy atom. The molecule has 3 aromatic rings. The number of fused-ring (bicyclic) bond motifs is 1. The molecule has 1 saturated heterocycles. The number of para-hydroxylation sites is 1. The van der Waals surface area contributed by atoms with Gasteiger partial charge in [-0.25, -0.2) is 0 Å². The van der Waals surface area contributed by atoms with E-state index in [1.165, 1.54) is 4.90 Å². The Balaban J connectivity index is 1.49. The summed E-state index contributed by atoms with van der Waals surface area (Å²) in [7, 11) is 1.67. The summed E-state index contributed by atoms with van der Waals surface area (Å²) in [6.45, 7) is 5.19. The first-order valence-electron chi connectivity index (χ1n) is 10.2. The molecule has 0 spiro atoms. The van der Waals surface area contributed by atoms with E-state index in [1.807, 2.05) is 68.6 Å². The van der Waals surface area contributed by atoms with Crippen molar-refractivity contribution in [2.45, 2.75) is 26.5 Å². The number of nitrogens with zero attached hydrogens (tertiary/aromatic N) is 2. The average molecular weight is 436 g/mol. The van der Waals surface area contributed by atoms with Crippen LogP contribution in [0.1, 0.15) is 19.4 Å². The summed E-state index contributed by atoms with van der Waals surface area (Å²) < 4.78 is 13.7. The highest BCUT2D eigenvalue weighted by Gasteiger charge is 2.27. The van der Waals surface area contributed by atoms with Crippen molar-refractivity contribution in [3.63, 3.8) is 0 Å². The number of ether oxygens (including phenoxy) is 2. The molecule has 0 radical (unpaired) electrons. The van der Waals surface area contributed by atoms with Crippen LogP contribution >= 0.6 is 12.2 Å². The number of aromatic nitrogens is 1. The molecule has 0 bridgehead atoms.